The lowest BCUT2D eigenvalue weighted by molar-refractivity contribution is 0.0956. The van der Waals surface area contributed by atoms with Crippen LogP contribution in [-0.2, 0) is 0 Å². The molecule has 1 amide bonds. The second-order valence-corrected chi connectivity index (χ2v) is 4.28. The van der Waals surface area contributed by atoms with Gasteiger partial charge in [0.1, 0.15) is 0 Å². The van der Waals surface area contributed by atoms with Crippen LogP contribution in [-0.4, -0.2) is 19.2 Å². The number of hydrogen-bond donors (Lipinski definition) is 2. The van der Waals surface area contributed by atoms with E-state index in [2.05, 4.69) is 15.8 Å². The van der Waals surface area contributed by atoms with E-state index in [1.807, 2.05) is 54.6 Å². The van der Waals surface area contributed by atoms with Crippen molar-refractivity contribution in [2.45, 2.75) is 0 Å². The Balaban J connectivity index is 1.92. The Morgan fingerprint density at radius 2 is 1.76 bits per heavy atom. The molecule has 2 aromatic rings. The van der Waals surface area contributed by atoms with Gasteiger partial charge in [0.15, 0.2) is 0 Å². The van der Waals surface area contributed by atoms with E-state index in [0.717, 1.165) is 11.3 Å². The maximum Gasteiger partial charge on any atom is 0.273 e. The van der Waals surface area contributed by atoms with Gasteiger partial charge in [-0.1, -0.05) is 48.5 Å². The van der Waals surface area contributed by atoms with E-state index in [1.165, 1.54) is 0 Å². The highest BCUT2D eigenvalue weighted by molar-refractivity contribution is 5.99. The molecule has 0 spiro atoms. The van der Waals surface area contributed by atoms with Crippen molar-refractivity contribution in [3.63, 3.8) is 0 Å². The third-order valence-corrected chi connectivity index (χ3v) is 2.86. The molecule has 2 N–H and O–H groups in total. The van der Waals surface area contributed by atoms with Crippen LogP contribution in [0.4, 0.5) is 5.69 Å². The molecule has 0 saturated carbocycles. The van der Waals surface area contributed by atoms with Crippen molar-refractivity contribution in [2.24, 2.45) is 5.10 Å². The molecule has 106 valence electrons. The molecule has 0 aliphatic rings. The summed E-state index contributed by atoms with van der Waals surface area (Å²) in [5.74, 6) is -0.246. The fourth-order valence-electron chi connectivity index (χ4n) is 1.82. The van der Waals surface area contributed by atoms with Crippen LogP contribution in [0.2, 0.25) is 0 Å². The third kappa shape index (κ3) is 4.31. The number of anilines is 1. The van der Waals surface area contributed by atoms with Crippen molar-refractivity contribution in [2.75, 3.05) is 12.4 Å². The van der Waals surface area contributed by atoms with E-state index in [4.69, 9.17) is 0 Å². The Kier molecular flexibility index (Phi) is 5.29. The van der Waals surface area contributed by atoms with E-state index in [-0.39, 0.29) is 5.91 Å². The molecule has 4 heteroatoms. The highest BCUT2D eigenvalue weighted by atomic mass is 16.2. The number of rotatable bonds is 5. The van der Waals surface area contributed by atoms with Gasteiger partial charge in [0.2, 0.25) is 0 Å². The van der Waals surface area contributed by atoms with E-state index < -0.39 is 0 Å². The van der Waals surface area contributed by atoms with E-state index >= 15 is 0 Å². The van der Waals surface area contributed by atoms with Crippen molar-refractivity contribution >= 4 is 23.9 Å². The Hall–Kier alpha value is -2.88. The molecule has 0 aliphatic carbocycles. The first-order valence-electron chi connectivity index (χ1n) is 6.63. The van der Waals surface area contributed by atoms with E-state index in [0.29, 0.717) is 5.56 Å². The Morgan fingerprint density at radius 1 is 1.05 bits per heavy atom. The highest BCUT2D eigenvalue weighted by Crippen LogP contribution is 2.13. The van der Waals surface area contributed by atoms with Crippen LogP contribution in [0, 0.1) is 0 Å². The number of carbonyl (C=O) groups is 1. The molecule has 4 nitrogen and oxygen atoms in total. The van der Waals surface area contributed by atoms with Gasteiger partial charge < -0.3 is 5.32 Å². The lowest BCUT2D eigenvalue weighted by Crippen LogP contribution is -2.18. The summed E-state index contributed by atoms with van der Waals surface area (Å²) in [4.78, 5) is 12.0. The molecule has 0 heterocycles. The van der Waals surface area contributed by atoms with Gasteiger partial charge in [0.25, 0.3) is 5.91 Å². The van der Waals surface area contributed by atoms with Gasteiger partial charge in [-0.25, -0.2) is 5.43 Å². The second-order valence-electron chi connectivity index (χ2n) is 4.28. The molecule has 0 unspecified atom stereocenters. The summed E-state index contributed by atoms with van der Waals surface area (Å²) >= 11 is 0. The zero-order valence-corrected chi connectivity index (χ0v) is 11.8. The topological polar surface area (TPSA) is 53.5 Å². The largest absolute Gasteiger partial charge is 0.387 e. The average molecular weight is 279 g/mol. The maximum atomic E-state index is 12.0. The van der Waals surface area contributed by atoms with E-state index in [1.54, 1.807) is 25.4 Å². The number of amides is 1. The van der Waals surface area contributed by atoms with Crippen LogP contribution >= 0.6 is 0 Å². The van der Waals surface area contributed by atoms with Crippen molar-refractivity contribution in [1.82, 2.24) is 5.43 Å². The highest BCUT2D eigenvalue weighted by Gasteiger charge is 2.07. The van der Waals surface area contributed by atoms with Gasteiger partial charge in [-0.2, -0.15) is 5.10 Å². The number of allylic oxidation sites excluding steroid dienone is 1. The minimum absolute atomic E-state index is 0.246. The van der Waals surface area contributed by atoms with Gasteiger partial charge in [-0.15, -0.1) is 0 Å². The normalized spacial score (nSPS) is 10.9. The maximum absolute atomic E-state index is 12.0. The Bertz CT molecular complexity index is 648. The van der Waals surface area contributed by atoms with Gasteiger partial charge in [-0.05, 0) is 23.8 Å². The molecule has 0 aliphatic heterocycles. The number of para-hydroxylation sites is 1. The summed E-state index contributed by atoms with van der Waals surface area (Å²) in [6, 6.07) is 17.2. The van der Waals surface area contributed by atoms with Crippen LogP contribution in [0.1, 0.15) is 15.9 Å². The van der Waals surface area contributed by atoms with Crippen LogP contribution in [0.5, 0.6) is 0 Å². The molecule has 2 aromatic carbocycles. The summed E-state index contributed by atoms with van der Waals surface area (Å²) in [7, 11) is 1.78. The molecule has 2 rings (SSSR count). The fraction of sp³-hybridized carbons (Fsp3) is 0.0588. The first-order chi connectivity index (χ1) is 10.3. The van der Waals surface area contributed by atoms with Crippen molar-refractivity contribution in [3.05, 3.63) is 71.8 Å². The number of nitrogens with one attached hydrogen (secondary N) is 2. The Morgan fingerprint density at radius 3 is 2.52 bits per heavy atom. The zero-order chi connectivity index (χ0) is 14.9. The summed E-state index contributed by atoms with van der Waals surface area (Å²) in [5, 5.41) is 6.87. The molecule has 0 aromatic heterocycles. The quantitative estimate of drug-likeness (QED) is 0.652. The fourth-order valence-corrected chi connectivity index (χ4v) is 1.82. The summed E-state index contributed by atoms with van der Waals surface area (Å²) < 4.78 is 0. The predicted molar refractivity (Wildman–Crippen MR) is 87.4 cm³/mol. The molecule has 0 saturated heterocycles. The van der Waals surface area contributed by atoms with Crippen molar-refractivity contribution < 1.29 is 4.79 Å². The molecule has 21 heavy (non-hydrogen) atoms. The minimum Gasteiger partial charge on any atom is -0.387 e. The number of benzene rings is 2. The molecule has 0 bridgehead atoms. The summed E-state index contributed by atoms with van der Waals surface area (Å²) in [6.45, 7) is 0. The van der Waals surface area contributed by atoms with Crippen LogP contribution < -0.4 is 10.7 Å². The van der Waals surface area contributed by atoms with Gasteiger partial charge >= 0.3 is 0 Å². The lowest BCUT2D eigenvalue weighted by atomic mass is 10.1. The molecule has 0 atom stereocenters. The Labute approximate surface area is 124 Å². The number of carbonyl (C=O) groups excluding carboxylic acids is 1. The average Bonchev–Trinajstić information content (AvgIpc) is 2.55. The van der Waals surface area contributed by atoms with Crippen molar-refractivity contribution in [1.29, 1.82) is 0 Å². The smallest absolute Gasteiger partial charge is 0.273 e. The monoisotopic (exact) mass is 279 g/mol. The molecular formula is C17H17N3O. The molecule has 0 radical (unpaired) electrons. The standard InChI is InChI=1S/C17H17N3O/c1-18-16-12-6-5-11-15(16)17(21)20-19-13-7-10-14-8-3-2-4-9-14/h2-13,18H,1H3,(H,20,21)/b10-7-,19-13+. The lowest BCUT2D eigenvalue weighted by Gasteiger charge is -2.06. The predicted octanol–water partition coefficient (Wildman–Crippen LogP) is 3.16. The van der Waals surface area contributed by atoms with Crippen LogP contribution in [0.25, 0.3) is 6.08 Å². The molecular weight excluding hydrogens is 262 g/mol. The number of hydrogen-bond acceptors (Lipinski definition) is 3. The summed E-state index contributed by atoms with van der Waals surface area (Å²) in [6.07, 6.45) is 5.24. The van der Waals surface area contributed by atoms with Gasteiger partial charge in [0.05, 0.1) is 5.56 Å². The van der Waals surface area contributed by atoms with Crippen LogP contribution in [0.3, 0.4) is 0 Å². The summed E-state index contributed by atoms with van der Waals surface area (Å²) in [5.41, 5.74) is 4.91. The second kappa shape index (κ2) is 7.65. The first-order valence-corrected chi connectivity index (χ1v) is 6.63. The molecule has 0 fully saturated rings. The SMILES string of the molecule is CNc1ccccc1C(=O)N/N=C/C=C\c1ccccc1. The zero-order valence-electron chi connectivity index (χ0n) is 11.8. The van der Waals surface area contributed by atoms with Crippen LogP contribution in [0.15, 0.2) is 65.8 Å². The van der Waals surface area contributed by atoms with E-state index in [9.17, 15) is 4.79 Å². The number of nitrogens with zero attached hydrogens (tertiary/aromatic N) is 1. The number of hydrazone groups is 1. The van der Waals surface area contributed by atoms with Gasteiger partial charge in [-0.3, -0.25) is 4.79 Å². The first kappa shape index (κ1) is 14.5. The van der Waals surface area contributed by atoms with Crippen molar-refractivity contribution in [3.8, 4) is 0 Å². The van der Waals surface area contributed by atoms with Gasteiger partial charge in [0, 0.05) is 18.9 Å². The third-order valence-electron chi connectivity index (χ3n) is 2.86. The minimum atomic E-state index is -0.246.